The van der Waals surface area contributed by atoms with Crippen molar-refractivity contribution in [2.24, 2.45) is 0 Å². The third-order valence-corrected chi connectivity index (χ3v) is 4.52. The molecule has 3 aromatic carbocycles. The van der Waals surface area contributed by atoms with E-state index in [-0.39, 0.29) is 27.5 Å². The summed E-state index contributed by atoms with van der Waals surface area (Å²) in [5.74, 6) is -3.08. The molecule has 0 aromatic heterocycles. The second kappa shape index (κ2) is 8.58. The van der Waals surface area contributed by atoms with Crippen molar-refractivity contribution in [2.75, 3.05) is 0 Å². The van der Waals surface area contributed by atoms with E-state index >= 15 is 0 Å². The maximum absolute atomic E-state index is 14.4. The summed E-state index contributed by atoms with van der Waals surface area (Å²) in [7, 11) is 0. The molecule has 7 heteroatoms. The van der Waals surface area contributed by atoms with Crippen LogP contribution in [0.2, 0.25) is 5.02 Å². The number of carboxylic acids is 1. The Bertz CT molecular complexity index is 1110. The van der Waals surface area contributed by atoms with E-state index in [9.17, 15) is 24.2 Å². The van der Waals surface area contributed by atoms with Gasteiger partial charge in [0.1, 0.15) is 17.3 Å². The van der Waals surface area contributed by atoms with Gasteiger partial charge in [0.2, 0.25) is 0 Å². The first kappa shape index (κ1) is 20.1. The fourth-order valence-electron chi connectivity index (χ4n) is 2.71. The van der Waals surface area contributed by atoms with E-state index in [2.05, 4.69) is 5.32 Å². The van der Waals surface area contributed by atoms with Crippen LogP contribution in [0.4, 0.5) is 4.39 Å². The van der Waals surface area contributed by atoms with Crippen LogP contribution in [0, 0.1) is 5.82 Å². The molecule has 0 aliphatic heterocycles. The SMILES string of the molecule is O=C(O)C(=Cc1ccc(F)c(-c2ccccc2)c1Cl)NC(=O)c1ccccc1O. The number of hydrogen-bond donors (Lipinski definition) is 3. The van der Waals surface area contributed by atoms with Gasteiger partial charge < -0.3 is 15.5 Å². The van der Waals surface area contributed by atoms with Crippen LogP contribution in [0.1, 0.15) is 15.9 Å². The summed E-state index contributed by atoms with van der Waals surface area (Å²) < 4.78 is 14.4. The number of carbonyl (C=O) groups excluding carboxylic acids is 1. The Hall–Kier alpha value is -3.64. The van der Waals surface area contributed by atoms with Gasteiger partial charge in [-0.2, -0.15) is 0 Å². The number of carbonyl (C=O) groups is 2. The summed E-state index contributed by atoms with van der Waals surface area (Å²) in [6, 6.07) is 16.8. The Morgan fingerprint density at radius 2 is 1.62 bits per heavy atom. The van der Waals surface area contributed by atoms with Crippen molar-refractivity contribution in [3.8, 4) is 16.9 Å². The van der Waals surface area contributed by atoms with Gasteiger partial charge in [-0.05, 0) is 35.4 Å². The number of aromatic hydroxyl groups is 1. The number of phenols is 1. The zero-order valence-corrected chi connectivity index (χ0v) is 15.7. The normalized spacial score (nSPS) is 11.2. The third kappa shape index (κ3) is 4.44. The van der Waals surface area contributed by atoms with Crippen molar-refractivity contribution >= 4 is 29.6 Å². The van der Waals surface area contributed by atoms with Gasteiger partial charge in [-0.25, -0.2) is 9.18 Å². The molecular weight excluding hydrogens is 397 g/mol. The molecule has 0 heterocycles. The van der Waals surface area contributed by atoms with Gasteiger partial charge >= 0.3 is 5.97 Å². The number of benzene rings is 3. The predicted octanol–water partition coefficient (Wildman–Crippen LogP) is 4.71. The van der Waals surface area contributed by atoms with Gasteiger partial charge in [-0.3, -0.25) is 4.79 Å². The van der Waals surface area contributed by atoms with E-state index < -0.39 is 23.4 Å². The predicted molar refractivity (Wildman–Crippen MR) is 108 cm³/mol. The minimum atomic E-state index is -1.42. The molecule has 146 valence electrons. The number of rotatable bonds is 5. The third-order valence-electron chi connectivity index (χ3n) is 4.11. The summed E-state index contributed by atoms with van der Waals surface area (Å²) >= 11 is 6.35. The molecule has 0 saturated carbocycles. The lowest BCUT2D eigenvalue weighted by Gasteiger charge is -2.11. The Balaban J connectivity index is 2.01. The molecule has 1 amide bonds. The Morgan fingerprint density at radius 3 is 2.28 bits per heavy atom. The summed E-state index contributed by atoms with van der Waals surface area (Å²) in [5, 5.41) is 21.5. The van der Waals surface area contributed by atoms with Crippen LogP contribution in [0.15, 0.2) is 72.4 Å². The number of carboxylic acid groups (broad SMARTS) is 1. The Kier molecular flexibility index (Phi) is 5.95. The molecule has 0 aliphatic carbocycles. The van der Waals surface area contributed by atoms with Gasteiger partial charge in [-0.15, -0.1) is 0 Å². The van der Waals surface area contributed by atoms with E-state index in [4.69, 9.17) is 11.6 Å². The van der Waals surface area contributed by atoms with E-state index in [0.29, 0.717) is 5.56 Å². The quantitative estimate of drug-likeness (QED) is 0.531. The van der Waals surface area contributed by atoms with E-state index in [1.807, 2.05) is 0 Å². The fraction of sp³-hybridized carbons (Fsp3) is 0. The highest BCUT2D eigenvalue weighted by atomic mass is 35.5. The molecule has 0 bridgehead atoms. The van der Waals surface area contributed by atoms with Crippen molar-refractivity contribution < 1.29 is 24.2 Å². The van der Waals surface area contributed by atoms with Crippen molar-refractivity contribution in [1.29, 1.82) is 0 Å². The molecule has 0 unspecified atom stereocenters. The van der Waals surface area contributed by atoms with Gasteiger partial charge in [0, 0.05) is 5.56 Å². The largest absolute Gasteiger partial charge is 0.507 e. The van der Waals surface area contributed by atoms with Crippen molar-refractivity contribution in [1.82, 2.24) is 5.32 Å². The van der Waals surface area contributed by atoms with Crippen LogP contribution < -0.4 is 5.32 Å². The molecule has 0 spiro atoms. The standard InChI is InChI=1S/C22H15ClFNO4/c23-20-14(10-11-16(24)19(20)13-6-2-1-3-7-13)12-17(22(28)29)25-21(27)15-8-4-5-9-18(15)26/h1-12,26H,(H,25,27)(H,28,29). The second-order valence-corrected chi connectivity index (χ2v) is 6.40. The summed E-state index contributed by atoms with van der Waals surface area (Å²) in [6.07, 6.45) is 1.13. The molecular formula is C22H15ClFNO4. The first-order valence-corrected chi connectivity index (χ1v) is 8.84. The lowest BCUT2D eigenvalue weighted by Crippen LogP contribution is -2.27. The molecule has 0 fully saturated rings. The molecule has 0 radical (unpaired) electrons. The number of para-hydroxylation sites is 1. The summed E-state index contributed by atoms with van der Waals surface area (Å²) in [5.41, 5.74) is 0.292. The maximum Gasteiger partial charge on any atom is 0.352 e. The van der Waals surface area contributed by atoms with Crippen LogP contribution in [0.5, 0.6) is 5.75 Å². The van der Waals surface area contributed by atoms with Gasteiger partial charge in [0.05, 0.1) is 10.6 Å². The minimum absolute atomic E-state index is 0.00626. The topological polar surface area (TPSA) is 86.6 Å². The highest BCUT2D eigenvalue weighted by molar-refractivity contribution is 6.35. The number of phenolic OH excluding ortho intramolecular Hbond substituents is 1. The van der Waals surface area contributed by atoms with E-state index in [1.54, 1.807) is 30.3 Å². The van der Waals surface area contributed by atoms with Crippen molar-refractivity contribution in [2.45, 2.75) is 0 Å². The van der Waals surface area contributed by atoms with Crippen LogP contribution in [0.25, 0.3) is 17.2 Å². The van der Waals surface area contributed by atoms with Crippen molar-refractivity contribution in [3.05, 3.63) is 94.4 Å². The molecule has 3 N–H and O–H groups in total. The molecule has 0 atom stereocenters. The molecule has 0 aliphatic rings. The Morgan fingerprint density at radius 1 is 0.966 bits per heavy atom. The van der Waals surface area contributed by atoms with E-state index in [0.717, 1.165) is 6.08 Å². The summed E-state index contributed by atoms with van der Waals surface area (Å²) in [4.78, 5) is 24.0. The first-order valence-electron chi connectivity index (χ1n) is 8.46. The second-order valence-electron chi connectivity index (χ2n) is 6.03. The average molecular weight is 412 g/mol. The van der Waals surface area contributed by atoms with Crippen molar-refractivity contribution in [3.63, 3.8) is 0 Å². The fourth-order valence-corrected chi connectivity index (χ4v) is 3.03. The van der Waals surface area contributed by atoms with Gasteiger partial charge in [-0.1, -0.05) is 60.1 Å². The Labute approximate surface area is 170 Å². The number of hydrogen-bond acceptors (Lipinski definition) is 3. The molecule has 5 nitrogen and oxygen atoms in total. The number of halogens is 2. The number of amides is 1. The highest BCUT2D eigenvalue weighted by Crippen LogP contribution is 2.34. The minimum Gasteiger partial charge on any atom is -0.507 e. The first-order chi connectivity index (χ1) is 13.9. The zero-order valence-electron chi connectivity index (χ0n) is 14.9. The number of nitrogens with one attached hydrogen (secondary N) is 1. The number of aliphatic carboxylic acids is 1. The summed E-state index contributed by atoms with van der Waals surface area (Å²) in [6.45, 7) is 0. The van der Waals surface area contributed by atoms with Crippen LogP contribution in [-0.2, 0) is 4.79 Å². The van der Waals surface area contributed by atoms with Crippen LogP contribution in [-0.4, -0.2) is 22.1 Å². The lowest BCUT2D eigenvalue weighted by molar-refractivity contribution is -0.132. The molecule has 0 saturated heterocycles. The molecule has 3 aromatic rings. The molecule has 29 heavy (non-hydrogen) atoms. The van der Waals surface area contributed by atoms with E-state index in [1.165, 1.54) is 36.4 Å². The zero-order chi connectivity index (χ0) is 21.0. The smallest absolute Gasteiger partial charge is 0.352 e. The van der Waals surface area contributed by atoms with Crippen LogP contribution >= 0.6 is 11.6 Å². The maximum atomic E-state index is 14.4. The van der Waals surface area contributed by atoms with Crippen LogP contribution in [0.3, 0.4) is 0 Å². The van der Waals surface area contributed by atoms with Gasteiger partial charge in [0.15, 0.2) is 0 Å². The lowest BCUT2D eigenvalue weighted by atomic mass is 10.0. The average Bonchev–Trinajstić information content (AvgIpc) is 2.70. The van der Waals surface area contributed by atoms with Gasteiger partial charge in [0.25, 0.3) is 5.91 Å². The molecule has 3 rings (SSSR count). The highest BCUT2D eigenvalue weighted by Gasteiger charge is 2.18. The monoisotopic (exact) mass is 411 g/mol.